The molecule has 0 radical (unpaired) electrons. The molecule has 4 rings (SSSR count). The highest BCUT2D eigenvalue weighted by Gasteiger charge is 2.27. The molecule has 1 aromatic heterocycles. The lowest BCUT2D eigenvalue weighted by atomic mass is 10.0. The first kappa shape index (κ1) is 18.4. The Morgan fingerprint density at radius 1 is 1.30 bits per heavy atom. The quantitative estimate of drug-likeness (QED) is 0.735. The monoisotopic (exact) mass is 434 g/mol. The molecule has 3 heterocycles. The number of aromatic nitrogens is 1. The van der Waals surface area contributed by atoms with Crippen LogP contribution in [0.1, 0.15) is 34.5 Å². The average molecular weight is 435 g/mol. The molecular weight excluding hydrogens is 415 g/mol. The van der Waals surface area contributed by atoms with Gasteiger partial charge in [0.2, 0.25) is 0 Å². The fourth-order valence-corrected chi connectivity index (χ4v) is 3.81. The molecular formula is C20H20BrFN2O3. The summed E-state index contributed by atoms with van der Waals surface area (Å²) in [5.41, 5.74) is 2.08. The normalized spacial score (nSPS) is 17.7. The van der Waals surface area contributed by atoms with Crippen molar-refractivity contribution >= 4 is 21.8 Å². The Kier molecular flexibility index (Phi) is 5.41. The van der Waals surface area contributed by atoms with Gasteiger partial charge in [0.05, 0.1) is 24.5 Å². The van der Waals surface area contributed by atoms with E-state index in [9.17, 15) is 9.18 Å². The number of carbonyl (C=O) groups is 1. The number of fused-ring (bicyclic) bond motifs is 1. The summed E-state index contributed by atoms with van der Waals surface area (Å²) in [5, 5.41) is 0. The lowest BCUT2D eigenvalue weighted by molar-refractivity contribution is 0.0248. The minimum atomic E-state index is -0.335. The fourth-order valence-electron chi connectivity index (χ4n) is 3.48. The Morgan fingerprint density at radius 2 is 2.11 bits per heavy atom. The molecule has 27 heavy (non-hydrogen) atoms. The first-order valence-corrected chi connectivity index (χ1v) is 9.86. The molecule has 0 N–H and O–H groups in total. The summed E-state index contributed by atoms with van der Waals surface area (Å²) in [7, 11) is 0. The first-order valence-electron chi connectivity index (χ1n) is 9.06. The fraction of sp³-hybridized carbons (Fsp3) is 0.400. The van der Waals surface area contributed by atoms with Crippen LogP contribution in [0.5, 0.6) is 5.75 Å². The summed E-state index contributed by atoms with van der Waals surface area (Å²) in [4.78, 5) is 18.9. The number of carbonyl (C=O) groups excluding carboxylic acids is 1. The predicted octanol–water partition coefficient (Wildman–Crippen LogP) is 3.74. The highest BCUT2D eigenvalue weighted by molar-refractivity contribution is 9.10. The Balaban J connectivity index is 1.55. The van der Waals surface area contributed by atoms with Crippen molar-refractivity contribution in [1.29, 1.82) is 0 Å². The second-order valence-corrected chi connectivity index (χ2v) is 7.72. The van der Waals surface area contributed by atoms with E-state index in [2.05, 4.69) is 20.9 Å². The van der Waals surface area contributed by atoms with Gasteiger partial charge in [0, 0.05) is 48.6 Å². The van der Waals surface area contributed by atoms with Gasteiger partial charge in [-0.2, -0.15) is 0 Å². The molecule has 1 fully saturated rings. The number of ether oxygens (including phenoxy) is 2. The molecule has 0 atom stereocenters. The lowest BCUT2D eigenvalue weighted by Gasteiger charge is -2.30. The summed E-state index contributed by atoms with van der Waals surface area (Å²) in [5.74, 6) is 0.208. The summed E-state index contributed by atoms with van der Waals surface area (Å²) in [6, 6.07) is 6.30. The number of hydrogen-bond acceptors (Lipinski definition) is 4. The summed E-state index contributed by atoms with van der Waals surface area (Å²) in [6.45, 7) is 2.20. The van der Waals surface area contributed by atoms with Gasteiger partial charge in [-0.05, 0) is 40.2 Å². The van der Waals surface area contributed by atoms with E-state index in [0.717, 1.165) is 23.0 Å². The van der Waals surface area contributed by atoms with Crippen molar-refractivity contribution in [1.82, 2.24) is 9.88 Å². The molecule has 0 unspecified atom stereocenters. The van der Waals surface area contributed by atoms with E-state index < -0.39 is 0 Å². The minimum absolute atomic E-state index is 0.0564. The topological polar surface area (TPSA) is 51.7 Å². The summed E-state index contributed by atoms with van der Waals surface area (Å²) >= 11 is 3.37. The molecule has 1 saturated heterocycles. The highest BCUT2D eigenvalue weighted by Crippen LogP contribution is 2.28. The zero-order chi connectivity index (χ0) is 18.8. The van der Waals surface area contributed by atoms with Crippen LogP contribution in [-0.4, -0.2) is 41.7 Å². The van der Waals surface area contributed by atoms with Crippen molar-refractivity contribution in [2.24, 2.45) is 0 Å². The third-order valence-corrected chi connectivity index (χ3v) is 5.35. The zero-order valence-corrected chi connectivity index (χ0v) is 16.4. The number of hydrogen-bond donors (Lipinski definition) is 0. The molecule has 142 valence electrons. The van der Waals surface area contributed by atoms with E-state index in [1.807, 2.05) is 0 Å². The van der Waals surface area contributed by atoms with Crippen molar-refractivity contribution in [3.05, 3.63) is 57.6 Å². The highest BCUT2D eigenvalue weighted by atomic mass is 79.9. The van der Waals surface area contributed by atoms with Crippen LogP contribution in [0, 0.1) is 5.82 Å². The number of halogens is 2. The average Bonchev–Trinajstić information content (AvgIpc) is 2.67. The van der Waals surface area contributed by atoms with E-state index in [1.165, 1.54) is 12.1 Å². The Bertz CT molecular complexity index is 855. The molecule has 7 heteroatoms. The van der Waals surface area contributed by atoms with Gasteiger partial charge in [-0.1, -0.05) is 0 Å². The van der Waals surface area contributed by atoms with Crippen molar-refractivity contribution in [3.63, 3.8) is 0 Å². The molecule has 1 aromatic carbocycles. The maximum Gasteiger partial charge on any atom is 0.256 e. The van der Waals surface area contributed by atoms with Gasteiger partial charge in [-0.3, -0.25) is 9.78 Å². The molecule has 2 aliphatic rings. The van der Waals surface area contributed by atoms with E-state index in [1.54, 1.807) is 23.2 Å². The molecule has 2 aliphatic heterocycles. The van der Waals surface area contributed by atoms with Gasteiger partial charge in [0.1, 0.15) is 17.7 Å². The number of nitrogens with zero attached hydrogens (tertiary/aromatic N) is 2. The minimum Gasteiger partial charge on any atom is -0.490 e. The number of benzene rings is 1. The van der Waals surface area contributed by atoms with Crippen LogP contribution >= 0.6 is 15.9 Å². The molecule has 0 bridgehead atoms. The molecule has 2 aromatic rings. The zero-order valence-electron chi connectivity index (χ0n) is 14.8. The Labute approximate surface area is 165 Å². The smallest absolute Gasteiger partial charge is 0.256 e. The molecule has 0 spiro atoms. The Hall–Kier alpha value is -1.99. The van der Waals surface area contributed by atoms with Crippen LogP contribution in [0.25, 0.3) is 0 Å². The first-order chi connectivity index (χ1) is 13.1. The maximum absolute atomic E-state index is 13.9. The second kappa shape index (κ2) is 7.94. The summed E-state index contributed by atoms with van der Waals surface area (Å²) in [6.07, 6.45) is 4.06. The van der Waals surface area contributed by atoms with E-state index in [-0.39, 0.29) is 17.8 Å². The standard InChI is InChI=1S/C20H20BrFN2O3/c21-14-10-17-18(23-11-14)3-6-24(20(17)25)12-13-9-15(22)1-2-19(13)27-16-4-7-26-8-5-16/h1-2,9-11,16H,3-8,12H2. The SMILES string of the molecule is O=C1c2cc(Br)cnc2CCN1Cc1cc(F)ccc1OC1CCOCC1. The predicted molar refractivity (Wildman–Crippen MR) is 101 cm³/mol. The van der Waals surface area contributed by atoms with E-state index in [0.29, 0.717) is 49.6 Å². The van der Waals surface area contributed by atoms with Crippen molar-refractivity contribution in [2.45, 2.75) is 31.9 Å². The Morgan fingerprint density at radius 3 is 2.93 bits per heavy atom. The van der Waals surface area contributed by atoms with Gasteiger partial charge < -0.3 is 14.4 Å². The van der Waals surface area contributed by atoms with Gasteiger partial charge >= 0.3 is 0 Å². The number of pyridine rings is 1. The van der Waals surface area contributed by atoms with Crippen molar-refractivity contribution in [2.75, 3.05) is 19.8 Å². The van der Waals surface area contributed by atoms with E-state index >= 15 is 0 Å². The third kappa shape index (κ3) is 4.14. The molecule has 1 amide bonds. The van der Waals surface area contributed by atoms with Crippen LogP contribution in [0.4, 0.5) is 4.39 Å². The van der Waals surface area contributed by atoms with Gasteiger partial charge in [0.15, 0.2) is 0 Å². The number of rotatable bonds is 4. The van der Waals surface area contributed by atoms with E-state index in [4.69, 9.17) is 9.47 Å². The van der Waals surface area contributed by atoms with Crippen LogP contribution in [0.15, 0.2) is 34.9 Å². The van der Waals surface area contributed by atoms with Gasteiger partial charge in [-0.25, -0.2) is 4.39 Å². The number of amides is 1. The third-order valence-electron chi connectivity index (χ3n) is 4.92. The van der Waals surface area contributed by atoms with Crippen molar-refractivity contribution < 1.29 is 18.7 Å². The van der Waals surface area contributed by atoms with Crippen LogP contribution in [-0.2, 0) is 17.7 Å². The summed E-state index contributed by atoms with van der Waals surface area (Å²) < 4.78 is 26.1. The molecule has 0 aliphatic carbocycles. The van der Waals surface area contributed by atoms with Crippen LogP contribution < -0.4 is 4.74 Å². The van der Waals surface area contributed by atoms with Crippen LogP contribution in [0.2, 0.25) is 0 Å². The molecule has 5 nitrogen and oxygen atoms in total. The largest absolute Gasteiger partial charge is 0.490 e. The van der Waals surface area contributed by atoms with Crippen LogP contribution in [0.3, 0.4) is 0 Å². The maximum atomic E-state index is 13.9. The van der Waals surface area contributed by atoms with Gasteiger partial charge in [0.25, 0.3) is 5.91 Å². The van der Waals surface area contributed by atoms with Gasteiger partial charge in [-0.15, -0.1) is 0 Å². The second-order valence-electron chi connectivity index (χ2n) is 6.81. The van der Waals surface area contributed by atoms with Crippen molar-refractivity contribution in [3.8, 4) is 5.75 Å². The molecule has 0 saturated carbocycles. The lowest BCUT2D eigenvalue weighted by Crippen LogP contribution is -2.37.